The first kappa shape index (κ1) is 13.9. The van der Waals surface area contributed by atoms with E-state index in [1.54, 1.807) is 11.3 Å². The molecule has 2 rings (SSSR count). The van der Waals surface area contributed by atoms with Crippen LogP contribution in [-0.4, -0.2) is 4.98 Å². The van der Waals surface area contributed by atoms with E-state index in [2.05, 4.69) is 44.0 Å². The molecular weight excluding hydrogens is 291 g/mol. The van der Waals surface area contributed by atoms with Gasteiger partial charge in [-0.1, -0.05) is 18.2 Å². The number of nitrogens with zero attached hydrogens (tertiary/aromatic N) is 1. The van der Waals surface area contributed by atoms with Crippen molar-refractivity contribution in [2.45, 2.75) is 20.8 Å². The average Bonchev–Trinajstić information content (AvgIpc) is 2.50. The normalized spacial score (nSPS) is 9.94. The van der Waals surface area contributed by atoms with Crippen molar-refractivity contribution >= 4 is 11.3 Å². The van der Waals surface area contributed by atoms with Gasteiger partial charge in [-0.3, -0.25) is 4.98 Å². The maximum Gasteiger partial charge on any atom is 0.0546 e. The monoisotopic (exact) mass is 305 g/mol. The van der Waals surface area contributed by atoms with Gasteiger partial charge in [0.1, 0.15) is 0 Å². The van der Waals surface area contributed by atoms with Crippen molar-refractivity contribution in [2.24, 2.45) is 0 Å². The Morgan fingerprint density at radius 3 is 2.31 bits per heavy atom. The molecule has 0 aliphatic heterocycles. The van der Waals surface area contributed by atoms with E-state index in [-0.39, 0.29) is 32.7 Å². The maximum atomic E-state index is 4.35. The molecule has 1 aromatic carbocycles. The number of thiazole rings is 1. The number of hydrogen-bond donors (Lipinski definition) is 0. The van der Waals surface area contributed by atoms with Crippen LogP contribution in [0.2, 0.25) is 0 Å². The summed E-state index contributed by atoms with van der Waals surface area (Å²) in [7, 11) is 0. The molecule has 1 aromatic heterocycles. The third-order valence-electron chi connectivity index (χ3n) is 2.61. The van der Waals surface area contributed by atoms with Gasteiger partial charge in [0, 0.05) is 32.7 Å². The van der Waals surface area contributed by atoms with Crippen molar-refractivity contribution in [1.82, 2.24) is 4.98 Å². The minimum absolute atomic E-state index is 0. The first-order valence-corrected chi connectivity index (χ1v) is 5.76. The second-order valence-corrected chi connectivity index (χ2v) is 4.90. The molecule has 2 aromatic rings. The zero-order chi connectivity index (χ0) is 11.0. The molecule has 0 N–H and O–H groups in total. The zero-order valence-electron chi connectivity index (χ0n) is 9.87. The van der Waals surface area contributed by atoms with E-state index < -0.39 is 0 Å². The Labute approximate surface area is 126 Å². The molecule has 0 saturated carbocycles. The summed E-state index contributed by atoms with van der Waals surface area (Å²) < 4.78 is 0. The number of hydrogen-bond acceptors (Lipinski definition) is 2. The van der Waals surface area contributed by atoms with Gasteiger partial charge < -0.3 is 6.92 Å². The van der Waals surface area contributed by atoms with Gasteiger partial charge in [-0.05, 0) is 42.5 Å². The van der Waals surface area contributed by atoms with Crippen LogP contribution in [0.1, 0.15) is 21.8 Å². The second kappa shape index (κ2) is 5.44. The smallest absolute Gasteiger partial charge is 0.0546 e. The van der Waals surface area contributed by atoms with Gasteiger partial charge in [-0.2, -0.15) is 11.3 Å². The van der Waals surface area contributed by atoms with Crippen molar-refractivity contribution in [3.63, 3.8) is 0 Å². The molecule has 0 aliphatic carbocycles. The van der Waals surface area contributed by atoms with Gasteiger partial charge in [0.05, 0.1) is 10.6 Å². The van der Waals surface area contributed by atoms with Crippen LogP contribution in [0.25, 0.3) is 10.4 Å². The van der Waals surface area contributed by atoms with Crippen molar-refractivity contribution in [1.29, 1.82) is 0 Å². The molecule has 1 nitrogen and oxygen atoms in total. The fourth-order valence-corrected chi connectivity index (χ4v) is 2.46. The Kier molecular flexibility index (Phi) is 4.72. The third-order valence-corrected chi connectivity index (χ3v) is 3.67. The van der Waals surface area contributed by atoms with Crippen LogP contribution in [0.4, 0.5) is 0 Å². The zero-order valence-corrected chi connectivity index (χ0v) is 13.5. The number of benzene rings is 1. The van der Waals surface area contributed by atoms with E-state index in [1.807, 2.05) is 6.92 Å². The van der Waals surface area contributed by atoms with Gasteiger partial charge in [0.2, 0.25) is 0 Å². The predicted octanol–water partition coefficient (Wildman–Crippen LogP) is 3.92. The quantitative estimate of drug-likeness (QED) is 0.728. The van der Waals surface area contributed by atoms with E-state index in [4.69, 9.17) is 0 Å². The predicted molar refractivity (Wildman–Crippen MR) is 66.2 cm³/mol. The average molecular weight is 305 g/mol. The number of aryl methyl sites for hydroxylation is 3. The fourth-order valence-electron chi connectivity index (χ4n) is 1.60. The first-order valence-electron chi connectivity index (χ1n) is 4.95. The summed E-state index contributed by atoms with van der Waals surface area (Å²) in [6.45, 7) is 10.2. The Morgan fingerprint density at radius 1 is 1.12 bits per heavy atom. The van der Waals surface area contributed by atoms with E-state index >= 15 is 0 Å². The minimum atomic E-state index is 0. The van der Waals surface area contributed by atoms with Crippen LogP contribution in [0.3, 0.4) is 0 Å². The summed E-state index contributed by atoms with van der Waals surface area (Å²) in [6.07, 6.45) is 0. The summed E-state index contributed by atoms with van der Waals surface area (Å²) >= 11 is 1.66. The van der Waals surface area contributed by atoms with E-state index in [0.717, 1.165) is 10.7 Å². The molecule has 0 unspecified atom stereocenters. The molecule has 0 bridgehead atoms. The summed E-state index contributed by atoms with van der Waals surface area (Å²) in [5.41, 5.74) is 4.98. The Morgan fingerprint density at radius 2 is 1.81 bits per heavy atom. The minimum Gasteiger partial charge on any atom is -0.346 e. The van der Waals surface area contributed by atoms with Gasteiger partial charge in [-0.15, -0.1) is 0 Å². The van der Waals surface area contributed by atoms with Gasteiger partial charge in [0.15, 0.2) is 0 Å². The SMILES string of the molecule is [CH2-]c1nc(C)c(-c2ccc(C)c(C)c2)s1.[Y]. The molecule has 0 saturated heterocycles. The maximum absolute atomic E-state index is 4.35. The molecule has 81 valence electrons. The molecule has 0 amide bonds. The molecule has 3 heteroatoms. The summed E-state index contributed by atoms with van der Waals surface area (Å²) in [5, 5.41) is 0.890. The molecule has 0 spiro atoms. The second-order valence-electron chi connectivity index (χ2n) is 3.82. The fraction of sp³-hybridized carbons (Fsp3) is 0.231. The van der Waals surface area contributed by atoms with Gasteiger partial charge in [-0.25, -0.2) is 0 Å². The van der Waals surface area contributed by atoms with Crippen LogP contribution in [-0.2, 0) is 32.7 Å². The van der Waals surface area contributed by atoms with Crippen LogP contribution in [0.5, 0.6) is 0 Å². The van der Waals surface area contributed by atoms with Crippen molar-refractivity contribution < 1.29 is 32.7 Å². The van der Waals surface area contributed by atoms with Crippen molar-refractivity contribution in [2.75, 3.05) is 0 Å². The topological polar surface area (TPSA) is 12.9 Å². The van der Waals surface area contributed by atoms with Crippen molar-refractivity contribution in [3.05, 3.63) is 47.0 Å². The Hall–Kier alpha value is -0.176. The van der Waals surface area contributed by atoms with Crippen molar-refractivity contribution in [3.8, 4) is 10.4 Å². The van der Waals surface area contributed by atoms with Crippen LogP contribution in [0.15, 0.2) is 18.2 Å². The number of aromatic nitrogens is 1. The molecule has 0 atom stereocenters. The van der Waals surface area contributed by atoms with Crippen LogP contribution >= 0.6 is 11.3 Å². The molecule has 1 radical (unpaired) electrons. The Bertz CT molecular complexity index is 503. The molecule has 1 heterocycles. The summed E-state index contributed by atoms with van der Waals surface area (Å²) in [4.78, 5) is 5.59. The van der Waals surface area contributed by atoms with Crippen LogP contribution < -0.4 is 0 Å². The summed E-state index contributed by atoms with van der Waals surface area (Å²) in [5.74, 6) is 0. The Balaban J connectivity index is 0.00000128. The largest absolute Gasteiger partial charge is 0.346 e. The number of rotatable bonds is 1. The van der Waals surface area contributed by atoms with E-state index in [1.165, 1.54) is 21.6 Å². The molecular formula is C13H14NSY-. The van der Waals surface area contributed by atoms with Crippen LogP contribution in [0, 0.1) is 27.7 Å². The van der Waals surface area contributed by atoms with Gasteiger partial charge in [0.25, 0.3) is 0 Å². The van der Waals surface area contributed by atoms with E-state index in [9.17, 15) is 0 Å². The molecule has 0 aliphatic rings. The van der Waals surface area contributed by atoms with E-state index in [0.29, 0.717) is 0 Å². The standard InChI is InChI=1S/C13H14NS.Y/c1-8-5-6-12(7-9(8)2)13-10(3)14-11(4)15-13;/h5-7H,4H2,1-3H3;/q-1;. The molecule has 16 heavy (non-hydrogen) atoms. The van der Waals surface area contributed by atoms with Gasteiger partial charge >= 0.3 is 0 Å². The third kappa shape index (κ3) is 2.74. The summed E-state index contributed by atoms with van der Waals surface area (Å²) in [6, 6.07) is 6.53. The molecule has 0 fully saturated rings. The first-order chi connectivity index (χ1) is 7.08.